The van der Waals surface area contributed by atoms with Crippen LogP contribution in [0.2, 0.25) is 0 Å². The summed E-state index contributed by atoms with van der Waals surface area (Å²) in [5.41, 5.74) is 0.231. The zero-order valence-electron chi connectivity index (χ0n) is 7.27. The van der Waals surface area contributed by atoms with Gasteiger partial charge in [-0.3, -0.25) is 0 Å². The van der Waals surface area contributed by atoms with Crippen LogP contribution in [-0.2, 0) is 4.79 Å². The SMILES string of the molecule is CN[C@H](C=O)CC(C)(C)C. The normalized spacial score (nSPS) is 14.8. The van der Waals surface area contributed by atoms with Crippen LogP contribution in [0.15, 0.2) is 0 Å². The van der Waals surface area contributed by atoms with Crippen LogP contribution in [0.3, 0.4) is 0 Å². The Labute approximate surface area is 63.0 Å². The predicted molar refractivity (Wildman–Crippen MR) is 43.0 cm³/mol. The summed E-state index contributed by atoms with van der Waals surface area (Å²) in [5, 5.41) is 2.94. The Morgan fingerprint density at radius 2 is 2.00 bits per heavy atom. The van der Waals surface area contributed by atoms with Gasteiger partial charge in [0.2, 0.25) is 0 Å². The van der Waals surface area contributed by atoms with Gasteiger partial charge in [-0.05, 0) is 18.9 Å². The number of aldehydes is 1. The van der Waals surface area contributed by atoms with E-state index >= 15 is 0 Å². The van der Waals surface area contributed by atoms with E-state index in [4.69, 9.17) is 0 Å². The maximum atomic E-state index is 10.4. The number of rotatable bonds is 3. The zero-order valence-corrected chi connectivity index (χ0v) is 7.27. The average molecular weight is 143 g/mol. The van der Waals surface area contributed by atoms with Crippen LogP contribution >= 0.6 is 0 Å². The fraction of sp³-hybridized carbons (Fsp3) is 0.875. The van der Waals surface area contributed by atoms with Gasteiger partial charge < -0.3 is 10.1 Å². The lowest BCUT2D eigenvalue weighted by Gasteiger charge is -2.21. The van der Waals surface area contributed by atoms with Crippen LogP contribution in [0.5, 0.6) is 0 Å². The van der Waals surface area contributed by atoms with Gasteiger partial charge >= 0.3 is 0 Å². The second kappa shape index (κ2) is 3.71. The van der Waals surface area contributed by atoms with Crippen molar-refractivity contribution >= 4 is 6.29 Å². The third kappa shape index (κ3) is 4.50. The van der Waals surface area contributed by atoms with Crippen molar-refractivity contribution < 1.29 is 4.79 Å². The van der Waals surface area contributed by atoms with E-state index < -0.39 is 0 Å². The molecule has 0 aromatic carbocycles. The van der Waals surface area contributed by atoms with Gasteiger partial charge in [-0.25, -0.2) is 0 Å². The Balaban J connectivity index is 3.74. The molecule has 0 aromatic rings. The summed E-state index contributed by atoms with van der Waals surface area (Å²) in [6.07, 6.45) is 1.86. The van der Waals surface area contributed by atoms with Gasteiger partial charge in [0.1, 0.15) is 6.29 Å². The molecule has 0 aliphatic heterocycles. The summed E-state index contributed by atoms with van der Waals surface area (Å²) in [4.78, 5) is 10.4. The summed E-state index contributed by atoms with van der Waals surface area (Å²) in [6, 6.07) is 0.0139. The van der Waals surface area contributed by atoms with Crippen molar-refractivity contribution in [2.45, 2.75) is 33.2 Å². The fourth-order valence-corrected chi connectivity index (χ4v) is 0.878. The number of nitrogens with one attached hydrogen (secondary N) is 1. The Morgan fingerprint density at radius 3 is 2.10 bits per heavy atom. The number of carbonyl (C=O) groups excluding carboxylic acids is 1. The van der Waals surface area contributed by atoms with Crippen molar-refractivity contribution in [3.05, 3.63) is 0 Å². The Morgan fingerprint density at radius 1 is 1.50 bits per heavy atom. The molecular formula is C8H17NO. The molecule has 2 nitrogen and oxygen atoms in total. The highest BCUT2D eigenvalue weighted by atomic mass is 16.1. The number of hydrogen-bond donors (Lipinski definition) is 1. The molecule has 0 bridgehead atoms. The molecule has 0 rings (SSSR count). The highest BCUT2D eigenvalue weighted by Crippen LogP contribution is 2.19. The molecule has 0 radical (unpaired) electrons. The lowest BCUT2D eigenvalue weighted by molar-refractivity contribution is -0.110. The van der Waals surface area contributed by atoms with E-state index in [9.17, 15) is 4.79 Å². The Hall–Kier alpha value is -0.370. The summed E-state index contributed by atoms with van der Waals surface area (Å²) >= 11 is 0. The molecule has 0 saturated heterocycles. The van der Waals surface area contributed by atoms with Gasteiger partial charge in [0.05, 0.1) is 6.04 Å². The molecule has 0 saturated carbocycles. The largest absolute Gasteiger partial charge is 0.311 e. The van der Waals surface area contributed by atoms with E-state index in [1.165, 1.54) is 0 Å². The molecule has 0 aliphatic rings. The van der Waals surface area contributed by atoms with E-state index in [-0.39, 0.29) is 11.5 Å². The summed E-state index contributed by atoms with van der Waals surface area (Å²) in [7, 11) is 1.81. The summed E-state index contributed by atoms with van der Waals surface area (Å²) < 4.78 is 0. The smallest absolute Gasteiger partial charge is 0.136 e. The van der Waals surface area contributed by atoms with E-state index in [2.05, 4.69) is 26.1 Å². The van der Waals surface area contributed by atoms with Crippen LogP contribution in [0.25, 0.3) is 0 Å². The molecule has 10 heavy (non-hydrogen) atoms. The van der Waals surface area contributed by atoms with Crippen LogP contribution in [-0.4, -0.2) is 19.4 Å². The molecule has 2 heteroatoms. The van der Waals surface area contributed by atoms with Crippen molar-refractivity contribution in [2.75, 3.05) is 7.05 Å². The number of likely N-dealkylation sites (N-methyl/N-ethyl adjacent to an activating group) is 1. The fourth-order valence-electron chi connectivity index (χ4n) is 0.878. The van der Waals surface area contributed by atoms with Crippen molar-refractivity contribution in [2.24, 2.45) is 5.41 Å². The van der Waals surface area contributed by atoms with Crippen LogP contribution in [0.1, 0.15) is 27.2 Å². The van der Waals surface area contributed by atoms with Gasteiger partial charge in [-0.2, -0.15) is 0 Å². The lowest BCUT2D eigenvalue weighted by Crippen LogP contribution is -2.31. The van der Waals surface area contributed by atoms with Crippen molar-refractivity contribution in [1.82, 2.24) is 5.32 Å². The number of hydrogen-bond acceptors (Lipinski definition) is 2. The Kier molecular flexibility index (Phi) is 3.58. The van der Waals surface area contributed by atoms with E-state index in [1.807, 2.05) is 7.05 Å². The topological polar surface area (TPSA) is 29.1 Å². The first-order valence-electron chi connectivity index (χ1n) is 3.62. The van der Waals surface area contributed by atoms with Gasteiger partial charge in [0.25, 0.3) is 0 Å². The molecule has 1 atom stereocenters. The second-order valence-corrected chi connectivity index (χ2v) is 3.80. The predicted octanol–water partition coefficient (Wildman–Crippen LogP) is 1.21. The van der Waals surface area contributed by atoms with Crippen molar-refractivity contribution in [3.8, 4) is 0 Å². The third-order valence-corrected chi connectivity index (χ3v) is 1.37. The third-order valence-electron chi connectivity index (χ3n) is 1.37. The lowest BCUT2D eigenvalue weighted by atomic mass is 9.89. The minimum atomic E-state index is 0.0139. The van der Waals surface area contributed by atoms with E-state index in [0.29, 0.717) is 0 Å². The maximum absolute atomic E-state index is 10.4. The van der Waals surface area contributed by atoms with Gasteiger partial charge in [0, 0.05) is 0 Å². The van der Waals surface area contributed by atoms with Gasteiger partial charge in [-0.15, -0.1) is 0 Å². The van der Waals surface area contributed by atoms with Crippen molar-refractivity contribution in [3.63, 3.8) is 0 Å². The molecule has 0 unspecified atom stereocenters. The molecule has 0 spiro atoms. The quantitative estimate of drug-likeness (QED) is 0.602. The van der Waals surface area contributed by atoms with E-state index in [0.717, 1.165) is 12.7 Å². The Bertz CT molecular complexity index is 104. The van der Waals surface area contributed by atoms with Crippen LogP contribution in [0, 0.1) is 5.41 Å². The molecule has 0 amide bonds. The van der Waals surface area contributed by atoms with Crippen LogP contribution in [0.4, 0.5) is 0 Å². The maximum Gasteiger partial charge on any atom is 0.136 e. The highest BCUT2D eigenvalue weighted by molar-refractivity contribution is 5.57. The summed E-state index contributed by atoms with van der Waals surface area (Å²) in [5.74, 6) is 0. The first kappa shape index (κ1) is 9.63. The summed E-state index contributed by atoms with van der Waals surface area (Å²) in [6.45, 7) is 6.38. The monoisotopic (exact) mass is 143 g/mol. The molecule has 0 heterocycles. The highest BCUT2D eigenvalue weighted by Gasteiger charge is 2.15. The van der Waals surface area contributed by atoms with Crippen molar-refractivity contribution in [1.29, 1.82) is 0 Å². The van der Waals surface area contributed by atoms with Gasteiger partial charge in [0.15, 0.2) is 0 Å². The zero-order chi connectivity index (χ0) is 8.20. The minimum Gasteiger partial charge on any atom is -0.311 e. The second-order valence-electron chi connectivity index (χ2n) is 3.80. The molecule has 0 aromatic heterocycles. The first-order chi connectivity index (χ1) is 4.49. The van der Waals surface area contributed by atoms with Crippen LogP contribution < -0.4 is 5.32 Å². The molecular weight excluding hydrogens is 126 g/mol. The van der Waals surface area contributed by atoms with E-state index in [1.54, 1.807) is 0 Å². The standard InChI is InChI=1S/C8H17NO/c1-8(2,3)5-7(6-10)9-4/h6-7,9H,5H2,1-4H3/t7-/m0/s1. The first-order valence-corrected chi connectivity index (χ1v) is 3.62. The minimum absolute atomic E-state index is 0.0139. The molecule has 1 N–H and O–H groups in total. The molecule has 0 aliphatic carbocycles. The molecule has 60 valence electrons. The number of carbonyl (C=O) groups is 1. The molecule has 0 fully saturated rings. The average Bonchev–Trinajstić information content (AvgIpc) is 1.81. The van der Waals surface area contributed by atoms with Gasteiger partial charge in [-0.1, -0.05) is 20.8 Å².